The molecule has 9 heteroatoms. The number of hydrogen-bond donors (Lipinski definition) is 0. The van der Waals surface area contributed by atoms with E-state index in [4.69, 9.17) is 4.52 Å². The van der Waals surface area contributed by atoms with Crippen molar-refractivity contribution in [2.45, 2.75) is 11.8 Å². The lowest BCUT2D eigenvalue weighted by Gasteiger charge is -2.34. The van der Waals surface area contributed by atoms with Crippen LogP contribution in [0.5, 0.6) is 0 Å². The van der Waals surface area contributed by atoms with Gasteiger partial charge in [-0.2, -0.15) is 0 Å². The standard InChI is InChI=1S/C17H22N4O4S/c1-13-12-16(18-25-13)20-8-10-21(11-9-20)17(22)14-4-6-15(7-5-14)26(23,24)19(2)3/h4-7,12H,8-11H2,1-3H3. The molecule has 1 aliphatic heterocycles. The molecular formula is C17H22N4O4S. The van der Waals surface area contributed by atoms with Gasteiger partial charge in [-0.25, -0.2) is 12.7 Å². The number of carbonyl (C=O) groups excluding carboxylic acids is 1. The number of anilines is 1. The van der Waals surface area contributed by atoms with E-state index in [-0.39, 0.29) is 10.8 Å². The van der Waals surface area contributed by atoms with Gasteiger partial charge in [0.05, 0.1) is 4.90 Å². The third-order valence-corrected chi connectivity index (χ3v) is 6.22. The first-order valence-electron chi connectivity index (χ1n) is 8.29. The predicted molar refractivity (Wildman–Crippen MR) is 96.7 cm³/mol. The highest BCUT2D eigenvalue weighted by molar-refractivity contribution is 7.89. The Balaban J connectivity index is 1.65. The largest absolute Gasteiger partial charge is 0.360 e. The molecule has 0 radical (unpaired) electrons. The predicted octanol–water partition coefficient (Wildman–Crippen LogP) is 1.20. The van der Waals surface area contributed by atoms with E-state index in [2.05, 4.69) is 10.1 Å². The Morgan fingerprint density at radius 1 is 1.12 bits per heavy atom. The number of aromatic nitrogens is 1. The monoisotopic (exact) mass is 378 g/mol. The molecule has 1 saturated heterocycles. The maximum Gasteiger partial charge on any atom is 0.253 e. The Labute approximate surface area is 153 Å². The van der Waals surface area contributed by atoms with Gasteiger partial charge >= 0.3 is 0 Å². The summed E-state index contributed by atoms with van der Waals surface area (Å²) in [5.74, 6) is 1.44. The van der Waals surface area contributed by atoms with Gasteiger partial charge in [-0.3, -0.25) is 4.79 Å². The molecule has 1 amide bonds. The van der Waals surface area contributed by atoms with Gasteiger partial charge < -0.3 is 14.3 Å². The molecule has 3 rings (SSSR count). The van der Waals surface area contributed by atoms with Gasteiger partial charge in [0.25, 0.3) is 5.91 Å². The fourth-order valence-electron chi connectivity index (χ4n) is 2.80. The fraction of sp³-hybridized carbons (Fsp3) is 0.412. The molecule has 2 aromatic rings. The summed E-state index contributed by atoms with van der Waals surface area (Å²) in [6.45, 7) is 4.33. The minimum Gasteiger partial charge on any atom is -0.360 e. The Hall–Kier alpha value is -2.39. The van der Waals surface area contributed by atoms with Crippen molar-refractivity contribution in [3.8, 4) is 0 Å². The number of sulfonamides is 1. The van der Waals surface area contributed by atoms with E-state index in [0.29, 0.717) is 31.7 Å². The highest BCUT2D eigenvalue weighted by Gasteiger charge is 2.24. The molecule has 1 aliphatic rings. The number of amides is 1. The van der Waals surface area contributed by atoms with Crippen LogP contribution in [0.3, 0.4) is 0 Å². The Morgan fingerprint density at radius 3 is 2.23 bits per heavy atom. The molecule has 1 fully saturated rings. The first-order valence-corrected chi connectivity index (χ1v) is 9.73. The molecule has 0 N–H and O–H groups in total. The summed E-state index contributed by atoms with van der Waals surface area (Å²) in [4.78, 5) is 16.7. The number of carbonyl (C=O) groups is 1. The molecule has 0 atom stereocenters. The topological polar surface area (TPSA) is 87.0 Å². The van der Waals surface area contributed by atoms with E-state index in [1.165, 1.54) is 26.2 Å². The van der Waals surface area contributed by atoms with E-state index in [1.54, 1.807) is 17.0 Å². The summed E-state index contributed by atoms with van der Waals surface area (Å²) in [5, 5.41) is 4.00. The van der Waals surface area contributed by atoms with Crippen molar-refractivity contribution in [2.75, 3.05) is 45.2 Å². The van der Waals surface area contributed by atoms with Gasteiger partial charge in [0.2, 0.25) is 10.0 Å². The second-order valence-electron chi connectivity index (χ2n) is 6.39. The van der Waals surface area contributed by atoms with Crippen LogP contribution in [0.1, 0.15) is 16.1 Å². The minimum atomic E-state index is -3.49. The third kappa shape index (κ3) is 3.58. The van der Waals surface area contributed by atoms with Crippen LogP contribution in [-0.2, 0) is 10.0 Å². The smallest absolute Gasteiger partial charge is 0.253 e. The van der Waals surface area contributed by atoms with Gasteiger partial charge in [0.15, 0.2) is 5.82 Å². The van der Waals surface area contributed by atoms with Crippen LogP contribution in [0.2, 0.25) is 0 Å². The maximum absolute atomic E-state index is 12.7. The molecule has 0 saturated carbocycles. The van der Waals surface area contributed by atoms with Gasteiger partial charge in [-0.15, -0.1) is 0 Å². The van der Waals surface area contributed by atoms with Crippen molar-refractivity contribution >= 4 is 21.7 Å². The third-order valence-electron chi connectivity index (χ3n) is 4.39. The van der Waals surface area contributed by atoms with Gasteiger partial charge in [-0.05, 0) is 31.2 Å². The van der Waals surface area contributed by atoms with E-state index in [0.717, 1.165) is 15.9 Å². The second kappa shape index (κ2) is 7.08. The lowest BCUT2D eigenvalue weighted by Crippen LogP contribution is -2.48. The first-order chi connectivity index (χ1) is 12.3. The quantitative estimate of drug-likeness (QED) is 0.794. The van der Waals surface area contributed by atoms with Crippen LogP contribution in [0.15, 0.2) is 39.8 Å². The van der Waals surface area contributed by atoms with Crippen molar-refractivity contribution in [2.24, 2.45) is 0 Å². The normalized spacial score (nSPS) is 15.5. The molecule has 0 spiro atoms. The number of piperazine rings is 1. The average molecular weight is 378 g/mol. The SMILES string of the molecule is Cc1cc(N2CCN(C(=O)c3ccc(S(=O)(=O)N(C)C)cc3)CC2)no1. The second-order valence-corrected chi connectivity index (χ2v) is 8.54. The van der Waals surface area contributed by atoms with Gasteiger partial charge in [0.1, 0.15) is 5.76 Å². The van der Waals surface area contributed by atoms with Crippen molar-refractivity contribution < 1.29 is 17.7 Å². The van der Waals surface area contributed by atoms with Crippen LogP contribution >= 0.6 is 0 Å². The number of rotatable bonds is 4. The van der Waals surface area contributed by atoms with Crippen LogP contribution in [-0.4, -0.2) is 69.0 Å². The fourth-order valence-corrected chi connectivity index (χ4v) is 3.71. The van der Waals surface area contributed by atoms with Crippen LogP contribution < -0.4 is 4.90 Å². The summed E-state index contributed by atoms with van der Waals surface area (Å²) in [6.07, 6.45) is 0. The first kappa shape index (κ1) is 18.4. The zero-order valence-corrected chi connectivity index (χ0v) is 15.9. The van der Waals surface area contributed by atoms with Crippen molar-refractivity contribution in [3.05, 3.63) is 41.7 Å². The van der Waals surface area contributed by atoms with Crippen molar-refractivity contribution in [1.82, 2.24) is 14.4 Å². The van der Waals surface area contributed by atoms with E-state index < -0.39 is 10.0 Å². The van der Waals surface area contributed by atoms with Crippen LogP contribution in [0.4, 0.5) is 5.82 Å². The molecule has 140 valence electrons. The minimum absolute atomic E-state index is 0.102. The molecule has 8 nitrogen and oxygen atoms in total. The van der Waals surface area contributed by atoms with Crippen LogP contribution in [0.25, 0.3) is 0 Å². The summed E-state index contributed by atoms with van der Waals surface area (Å²) >= 11 is 0. The number of nitrogens with zero attached hydrogens (tertiary/aromatic N) is 4. The summed E-state index contributed by atoms with van der Waals surface area (Å²) < 4.78 is 30.4. The molecule has 1 aromatic carbocycles. The zero-order chi connectivity index (χ0) is 18.9. The van der Waals surface area contributed by atoms with Crippen LogP contribution in [0, 0.1) is 6.92 Å². The Bertz CT molecular complexity index is 882. The summed E-state index contributed by atoms with van der Waals surface area (Å²) in [7, 11) is -0.541. The summed E-state index contributed by atoms with van der Waals surface area (Å²) in [6, 6.07) is 7.94. The summed E-state index contributed by atoms with van der Waals surface area (Å²) in [5.41, 5.74) is 0.480. The van der Waals surface area contributed by atoms with E-state index in [1.807, 2.05) is 13.0 Å². The number of hydrogen-bond acceptors (Lipinski definition) is 6. The lowest BCUT2D eigenvalue weighted by atomic mass is 10.2. The average Bonchev–Trinajstić information content (AvgIpc) is 3.07. The maximum atomic E-state index is 12.7. The lowest BCUT2D eigenvalue weighted by molar-refractivity contribution is 0.0746. The number of aryl methyl sites for hydroxylation is 1. The Kier molecular flexibility index (Phi) is 5.01. The highest BCUT2D eigenvalue weighted by atomic mass is 32.2. The van der Waals surface area contributed by atoms with E-state index in [9.17, 15) is 13.2 Å². The Morgan fingerprint density at radius 2 is 1.73 bits per heavy atom. The van der Waals surface area contributed by atoms with Gasteiger partial charge in [0, 0.05) is 51.9 Å². The molecule has 2 heterocycles. The molecule has 1 aromatic heterocycles. The van der Waals surface area contributed by atoms with Crippen molar-refractivity contribution in [3.63, 3.8) is 0 Å². The molecule has 26 heavy (non-hydrogen) atoms. The zero-order valence-electron chi connectivity index (χ0n) is 15.0. The number of benzene rings is 1. The van der Waals surface area contributed by atoms with E-state index >= 15 is 0 Å². The molecular weight excluding hydrogens is 356 g/mol. The van der Waals surface area contributed by atoms with Gasteiger partial charge in [-0.1, -0.05) is 5.16 Å². The highest BCUT2D eigenvalue weighted by Crippen LogP contribution is 2.18. The van der Waals surface area contributed by atoms with Crippen molar-refractivity contribution in [1.29, 1.82) is 0 Å². The molecule has 0 aliphatic carbocycles. The molecule has 0 bridgehead atoms. The molecule has 0 unspecified atom stereocenters.